The lowest BCUT2D eigenvalue weighted by Crippen LogP contribution is -2.14. The number of hydrogen-bond acceptors (Lipinski definition) is 3. The predicted molar refractivity (Wildman–Crippen MR) is 53.7 cm³/mol. The molecule has 0 fully saturated rings. The smallest absolute Gasteiger partial charge is 0.337 e. The number of hydrogen-bond donors (Lipinski definition) is 0. The molecular formula is C11H18O3. The summed E-state index contributed by atoms with van der Waals surface area (Å²) >= 11 is 0. The second-order valence-corrected chi connectivity index (χ2v) is 3.84. The number of esters is 1. The summed E-state index contributed by atoms with van der Waals surface area (Å²) in [6.45, 7) is 7.57. The van der Waals surface area contributed by atoms with Crippen molar-refractivity contribution in [1.29, 1.82) is 0 Å². The Morgan fingerprint density at radius 3 is 2.71 bits per heavy atom. The SMILES string of the molecule is CCC1CC(C(=O)OC(C)C)=C(C)O1. The Bertz CT molecular complexity index is 253. The molecule has 1 aliphatic heterocycles. The molecule has 0 amide bonds. The van der Waals surface area contributed by atoms with E-state index in [0.717, 1.165) is 12.2 Å². The number of rotatable bonds is 3. The maximum Gasteiger partial charge on any atom is 0.337 e. The van der Waals surface area contributed by atoms with Gasteiger partial charge in [0.15, 0.2) is 0 Å². The molecule has 0 saturated carbocycles. The summed E-state index contributed by atoms with van der Waals surface area (Å²) in [7, 11) is 0. The average molecular weight is 198 g/mol. The van der Waals surface area contributed by atoms with Crippen molar-refractivity contribution < 1.29 is 14.3 Å². The summed E-state index contributed by atoms with van der Waals surface area (Å²) in [6, 6.07) is 0. The molecule has 80 valence electrons. The minimum atomic E-state index is -0.228. The first kappa shape index (κ1) is 11.1. The first-order valence-electron chi connectivity index (χ1n) is 5.12. The van der Waals surface area contributed by atoms with E-state index in [1.54, 1.807) is 0 Å². The Kier molecular flexibility index (Phi) is 3.55. The molecule has 3 heteroatoms. The van der Waals surface area contributed by atoms with Crippen LogP contribution in [0.2, 0.25) is 0 Å². The summed E-state index contributed by atoms with van der Waals surface area (Å²) in [4.78, 5) is 11.6. The Morgan fingerprint density at radius 1 is 1.64 bits per heavy atom. The van der Waals surface area contributed by atoms with Crippen LogP contribution in [0.25, 0.3) is 0 Å². The first-order chi connectivity index (χ1) is 6.54. The second-order valence-electron chi connectivity index (χ2n) is 3.84. The molecule has 1 aliphatic rings. The molecule has 0 N–H and O–H groups in total. The molecule has 0 aromatic rings. The first-order valence-corrected chi connectivity index (χ1v) is 5.12. The Balaban J connectivity index is 2.60. The van der Waals surface area contributed by atoms with Crippen molar-refractivity contribution in [2.24, 2.45) is 0 Å². The quantitative estimate of drug-likeness (QED) is 0.653. The van der Waals surface area contributed by atoms with E-state index in [1.165, 1.54) is 0 Å². The number of carbonyl (C=O) groups excluding carboxylic acids is 1. The molecule has 3 nitrogen and oxygen atoms in total. The molecule has 0 aromatic heterocycles. The predicted octanol–water partition coefficient (Wildman–Crippen LogP) is 2.41. The number of allylic oxidation sites excluding steroid dienone is 1. The van der Waals surface area contributed by atoms with Gasteiger partial charge in [-0.1, -0.05) is 6.92 Å². The van der Waals surface area contributed by atoms with Crippen molar-refractivity contribution in [3.8, 4) is 0 Å². The monoisotopic (exact) mass is 198 g/mol. The third-order valence-corrected chi connectivity index (χ3v) is 2.24. The summed E-state index contributed by atoms with van der Waals surface area (Å²) in [5.41, 5.74) is 0.700. The van der Waals surface area contributed by atoms with Gasteiger partial charge in [0.2, 0.25) is 0 Å². The fourth-order valence-corrected chi connectivity index (χ4v) is 1.47. The van der Waals surface area contributed by atoms with Crippen LogP contribution in [0, 0.1) is 0 Å². The largest absolute Gasteiger partial charge is 0.494 e. The van der Waals surface area contributed by atoms with E-state index in [4.69, 9.17) is 9.47 Å². The molecule has 1 unspecified atom stereocenters. The summed E-state index contributed by atoms with van der Waals surface area (Å²) in [5, 5.41) is 0. The summed E-state index contributed by atoms with van der Waals surface area (Å²) < 4.78 is 10.6. The second kappa shape index (κ2) is 4.49. The van der Waals surface area contributed by atoms with E-state index in [2.05, 4.69) is 6.92 Å². The highest BCUT2D eigenvalue weighted by atomic mass is 16.5. The fourth-order valence-electron chi connectivity index (χ4n) is 1.47. The van der Waals surface area contributed by atoms with Crippen LogP contribution in [-0.2, 0) is 14.3 Å². The van der Waals surface area contributed by atoms with Gasteiger partial charge in [-0.3, -0.25) is 0 Å². The Labute approximate surface area is 85.1 Å². The van der Waals surface area contributed by atoms with E-state index in [-0.39, 0.29) is 18.2 Å². The molecule has 1 heterocycles. The molecule has 0 spiro atoms. The van der Waals surface area contributed by atoms with Gasteiger partial charge >= 0.3 is 5.97 Å². The standard InChI is InChI=1S/C11H18O3/c1-5-9-6-10(8(4)14-9)11(12)13-7(2)3/h7,9H,5-6H2,1-4H3. The molecule has 0 aliphatic carbocycles. The molecule has 0 bridgehead atoms. The van der Waals surface area contributed by atoms with Crippen LogP contribution in [-0.4, -0.2) is 18.2 Å². The topological polar surface area (TPSA) is 35.5 Å². The fraction of sp³-hybridized carbons (Fsp3) is 0.727. The minimum absolute atomic E-state index is 0.0662. The van der Waals surface area contributed by atoms with Crippen molar-refractivity contribution >= 4 is 5.97 Å². The normalized spacial score (nSPS) is 21.4. The molecule has 1 rings (SSSR count). The third-order valence-electron chi connectivity index (χ3n) is 2.24. The van der Waals surface area contributed by atoms with E-state index in [0.29, 0.717) is 12.0 Å². The van der Waals surface area contributed by atoms with Crippen molar-refractivity contribution in [3.63, 3.8) is 0 Å². The van der Waals surface area contributed by atoms with Crippen molar-refractivity contribution in [2.75, 3.05) is 0 Å². The maximum absolute atomic E-state index is 11.6. The summed E-state index contributed by atoms with van der Waals surface area (Å²) in [6.07, 6.45) is 1.71. The zero-order valence-corrected chi connectivity index (χ0v) is 9.29. The van der Waals surface area contributed by atoms with Gasteiger partial charge < -0.3 is 9.47 Å². The highest BCUT2D eigenvalue weighted by Gasteiger charge is 2.27. The molecule has 1 atom stereocenters. The molecule has 0 saturated heterocycles. The number of carbonyl (C=O) groups is 1. The molecule has 0 aromatic carbocycles. The Morgan fingerprint density at radius 2 is 2.29 bits per heavy atom. The van der Waals surface area contributed by atoms with Gasteiger partial charge in [0.1, 0.15) is 11.9 Å². The zero-order valence-electron chi connectivity index (χ0n) is 9.29. The lowest BCUT2D eigenvalue weighted by Gasteiger charge is -2.08. The van der Waals surface area contributed by atoms with Crippen LogP contribution >= 0.6 is 0 Å². The van der Waals surface area contributed by atoms with Crippen LogP contribution in [0.5, 0.6) is 0 Å². The van der Waals surface area contributed by atoms with E-state index < -0.39 is 0 Å². The lowest BCUT2D eigenvalue weighted by molar-refractivity contribution is -0.142. The van der Waals surface area contributed by atoms with E-state index in [9.17, 15) is 4.79 Å². The van der Waals surface area contributed by atoms with Gasteiger partial charge in [-0.05, 0) is 27.2 Å². The zero-order chi connectivity index (χ0) is 10.7. The Hall–Kier alpha value is -0.990. The van der Waals surface area contributed by atoms with Gasteiger partial charge in [0.05, 0.1) is 11.7 Å². The van der Waals surface area contributed by atoms with Crippen LogP contribution in [0.4, 0.5) is 0 Å². The van der Waals surface area contributed by atoms with Gasteiger partial charge in [-0.15, -0.1) is 0 Å². The molecule has 0 radical (unpaired) electrons. The van der Waals surface area contributed by atoms with Crippen molar-refractivity contribution in [2.45, 2.75) is 52.7 Å². The highest BCUT2D eigenvalue weighted by molar-refractivity contribution is 5.89. The van der Waals surface area contributed by atoms with Crippen molar-refractivity contribution in [3.05, 3.63) is 11.3 Å². The average Bonchev–Trinajstić information content (AvgIpc) is 2.45. The van der Waals surface area contributed by atoms with Crippen LogP contribution < -0.4 is 0 Å². The van der Waals surface area contributed by atoms with Gasteiger partial charge in [-0.25, -0.2) is 4.79 Å². The van der Waals surface area contributed by atoms with Gasteiger partial charge in [0, 0.05) is 6.42 Å². The molecule has 14 heavy (non-hydrogen) atoms. The highest BCUT2D eigenvalue weighted by Crippen LogP contribution is 2.27. The van der Waals surface area contributed by atoms with E-state index in [1.807, 2.05) is 20.8 Å². The summed E-state index contributed by atoms with van der Waals surface area (Å²) in [5.74, 6) is 0.496. The van der Waals surface area contributed by atoms with Crippen LogP contribution in [0.3, 0.4) is 0 Å². The van der Waals surface area contributed by atoms with Gasteiger partial charge in [-0.2, -0.15) is 0 Å². The van der Waals surface area contributed by atoms with Crippen molar-refractivity contribution in [1.82, 2.24) is 0 Å². The third kappa shape index (κ3) is 2.50. The van der Waals surface area contributed by atoms with Crippen LogP contribution in [0.1, 0.15) is 40.5 Å². The minimum Gasteiger partial charge on any atom is -0.494 e. The van der Waals surface area contributed by atoms with E-state index >= 15 is 0 Å². The van der Waals surface area contributed by atoms with Gasteiger partial charge in [0.25, 0.3) is 0 Å². The lowest BCUT2D eigenvalue weighted by atomic mass is 10.1. The van der Waals surface area contributed by atoms with Crippen LogP contribution in [0.15, 0.2) is 11.3 Å². The molecular weight excluding hydrogens is 180 g/mol. The maximum atomic E-state index is 11.6. The number of ether oxygens (including phenoxy) is 2.